The fraction of sp³-hybridized carbons (Fsp3) is 0.462. The number of carbonyl (C=O) groups excluding carboxylic acids is 2. The van der Waals surface area contributed by atoms with Gasteiger partial charge in [-0.2, -0.15) is 4.80 Å². The Kier molecular flexibility index (Phi) is 8.25. The van der Waals surface area contributed by atoms with E-state index in [9.17, 15) is 14.0 Å². The lowest BCUT2D eigenvalue weighted by atomic mass is 9.97. The summed E-state index contributed by atoms with van der Waals surface area (Å²) in [5.41, 5.74) is 1.61. The van der Waals surface area contributed by atoms with Crippen LogP contribution in [-0.4, -0.2) is 60.8 Å². The molecule has 1 aliphatic rings. The van der Waals surface area contributed by atoms with Crippen LogP contribution in [0.1, 0.15) is 55.4 Å². The van der Waals surface area contributed by atoms with E-state index in [4.69, 9.17) is 16.3 Å². The maximum Gasteiger partial charge on any atom is 0.410 e. The summed E-state index contributed by atoms with van der Waals surface area (Å²) >= 11 is 5.82. The molecule has 1 aliphatic heterocycles. The fourth-order valence-electron chi connectivity index (χ4n) is 4.13. The molecule has 202 valence electrons. The highest BCUT2D eigenvalue weighted by molar-refractivity contribution is 6.30. The molecule has 1 fully saturated rings. The molecule has 0 saturated carbocycles. The molecule has 4 rings (SSSR count). The van der Waals surface area contributed by atoms with Crippen molar-refractivity contribution >= 4 is 23.6 Å². The molecule has 38 heavy (non-hydrogen) atoms. The highest BCUT2D eigenvalue weighted by Gasteiger charge is 2.27. The maximum absolute atomic E-state index is 13.4. The number of nitrogens with one attached hydrogen (secondary N) is 1. The molecule has 0 radical (unpaired) electrons. The van der Waals surface area contributed by atoms with Gasteiger partial charge in [0.1, 0.15) is 17.1 Å². The van der Waals surface area contributed by atoms with Crippen LogP contribution in [0.3, 0.4) is 0 Å². The predicted molar refractivity (Wildman–Crippen MR) is 139 cm³/mol. The van der Waals surface area contributed by atoms with Crippen molar-refractivity contribution in [1.82, 2.24) is 35.4 Å². The van der Waals surface area contributed by atoms with Crippen LogP contribution in [0.5, 0.6) is 0 Å². The van der Waals surface area contributed by atoms with Crippen molar-refractivity contribution in [3.05, 3.63) is 58.1 Å². The number of hydrogen-bond acceptors (Lipinski definition) is 7. The second kappa shape index (κ2) is 11.4. The van der Waals surface area contributed by atoms with Gasteiger partial charge >= 0.3 is 6.09 Å². The van der Waals surface area contributed by atoms with Crippen LogP contribution in [0.2, 0.25) is 5.02 Å². The summed E-state index contributed by atoms with van der Waals surface area (Å²) in [5.74, 6) is -0.213. The molecular weight excluding hydrogens is 513 g/mol. The second-order valence-electron chi connectivity index (χ2n) is 10.4. The van der Waals surface area contributed by atoms with E-state index in [-0.39, 0.29) is 29.3 Å². The zero-order valence-electron chi connectivity index (χ0n) is 21.9. The Morgan fingerprint density at radius 3 is 2.61 bits per heavy atom. The standard InChI is InChI=1S/C26H31ClFN7O3/c1-16-11-19(13-22(30-16)24(36)29-14-18-5-6-21(28)20(27)12-18)23-31-33-35(32-23)15-17-7-9-34(10-8-17)25(37)38-26(2,3)4/h5-6,11-13,17H,7-10,14-15H2,1-4H3,(H,29,36). The topological polar surface area (TPSA) is 115 Å². The number of aryl methyl sites for hydroxylation is 1. The number of likely N-dealkylation sites (tertiary alicyclic amines) is 1. The molecule has 0 bridgehead atoms. The van der Waals surface area contributed by atoms with Gasteiger partial charge in [0.05, 0.1) is 11.6 Å². The fourth-order valence-corrected chi connectivity index (χ4v) is 4.33. The normalized spacial score (nSPS) is 14.4. The Balaban J connectivity index is 1.35. The number of benzene rings is 1. The Hall–Kier alpha value is -3.60. The summed E-state index contributed by atoms with van der Waals surface area (Å²) < 4.78 is 18.8. The van der Waals surface area contributed by atoms with Crippen molar-refractivity contribution in [2.75, 3.05) is 13.1 Å². The molecule has 0 spiro atoms. The number of hydrogen-bond donors (Lipinski definition) is 1. The number of amides is 2. The highest BCUT2D eigenvalue weighted by Crippen LogP contribution is 2.22. The number of carbonyl (C=O) groups is 2. The Morgan fingerprint density at radius 1 is 1.18 bits per heavy atom. The molecule has 12 heteroatoms. The van der Waals surface area contributed by atoms with Gasteiger partial charge in [0, 0.05) is 30.9 Å². The molecule has 3 aromatic rings. The van der Waals surface area contributed by atoms with Crippen molar-refractivity contribution < 1.29 is 18.7 Å². The van der Waals surface area contributed by atoms with Crippen molar-refractivity contribution in [3.8, 4) is 11.4 Å². The number of nitrogens with zero attached hydrogens (tertiary/aromatic N) is 6. The monoisotopic (exact) mass is 543 g/mol. The number of piperidine rings is 1. The third-order valence-corrected chi connectivity index (χ3v) is 6.31. The Bertz CT molecular complexity index is 1320. The predicted octanol–water partition coefficient (Wildman–Crippen LogP) is 4.41. The van der Waals surface area contributed by atoms with Gasteiger partial charge in [-0.05, 0) is 81.5 Å². The van der Waals surface area contributed by atoms with Gasteiger partial charge in [-0.15, -0.1) is 10.2 Å². The quantitative estimate of drug-likeness (QED) is 0.489. The molecule has 0 unspecified atom stereocenters. The van der Waals surface area contributed by atoms with Gasteiger partial charge in [-0.1, -0.05) is 17.7 Å². The molecule has 10 nitrogen and oxygen atoms in total. The van der Waals surface area contributed by atoms with Gasteiger partial charge in [0.15, 0.2) is 0 Å². The summed E-state index contributed by atoms with van der Waals surface area (Å²) in [4.78, 5) is 32.6. The van der Waals surface area contributed by atoms with Crippen molar-refractivity contribution in [2.45, 2.75) is 59.2 Å². The van der Waals surface area contributed by atoms with Crippen LogP contribution in [0.25, 0.3) is 11.4 Å². The summed E-state index contributed by atoms with van der Waals surface area (Å²) in [5, 5.41) is 15.6. The first-order valence-electron chi connectivity index (χ1n) is 12.4. The summed E-state index contributed by atoms with van der Waals surface area (Å²) in [6.45, 7) is 9.34. The smallest absolute Gasteiger partial charge is 0.410 e. The largest absolute Gasteiger partial charge is 0.444 e. The molecule has 1 aromatic carbocycles. The van der Waals surface area contributed by atoms with Crippen molar-refractivity contribution in [2.24, 2.45) is 5.92 Å². The van der Waals surface area contributed by atoms with Crippen LogP contribution in [0.4, 0.5) is 9.18 Å². The first kappa shape index (κ1) is 27.4. The van der Waals surface area contributed by atoms with Gasteiger partial charge in [0.2, 0.25) is 5.82 Å². The van der Waals surface area contributed by atoms with Crippen LogP contribution in [0.15, 0.2) is 30.3 Å². The minimum atomic E-state index is -0.516. The number of rotatable bonds is 6. The van der Waals surface area contributed by atoms with E-state index in [0.29, 0.717) is 48.2 Å². The summed E-state index contributed by atoms with van der Waals surface area (Å²) in [6.07, 6.45) is 1.34. The molecule has 0 atom stereocenters. The van der Waals surface area contributed by atoms with E-state index >= 15 is 0 Å². The molecule has 2 aromatic heterocycles. The third-order valence-electron chi connectivity index (χ3n) is 6.02. The van der Waals surface area contributed by atoms with Crippen molar-refractivity contribution in [1.29, 1.82) is 0 Å². The Labute approximate surface area is 225 Å². The number of pyridine rings is 1. The van der Waals surface area contributed by atoms with Crippen LogP contribution >= 0.6 is 11.6 Å². The van der Waals surface area contributed by atoms with Gasteiger partial charge in [-0.25, -0.2) is 14.2 Å². The van der Waals surface area contributed by atoms with Crippen LogP contribution < -0.4 is 5.32 Å². The molecule has 0 aliphatic carbocycles. The number of halogens is 2. The summed E-state index contributed by atoms with van der Waals surface area (Å²) in [6, 6.07) is 7.68. The molecule has 2 amide bonds. The van der Waals surface area contributed by atoms with Gasteiger partial charge in [-0.3, -0.25) is 4.79 Å². The first-order chi connectivity index (χ1) is 18.0. The third kappa shape index (κ3) is 7.25. The zero-order chi connectivity index (χ0) is 27.4. The molecule has 3 heterocycles. The van der Waals surface area contributed by atoms with E-state index in [0.717, 1.165) is 12.8 Å². The van der Waals surface area contributed by atoms with E-state index in [1.165, 1.54) is 12.1 Å². The minimum Gasteiger partial charge on any atom is -0.444 e. The number of aromatic nitrogens is 5. The SMILES string of the molecule is Cc1cc(-c2nnn(CC3CCN(C(=O)OC(C)(C)C)CC3)n2)cc(C(=O)NCc2ccc(F)c(Cl)c2)n1. The average Bonchev–Trinajstić information content (AvgIpc) is 3.32. The maximum atomic E-state index is 13.4. The van der Waals surface area contributed by atoms with Crippen LogP contribution in [0, 0.1) is 18.7 Å². The van der Waals surface area contributed by atoms with Crippen molar-refractivity contribution in [3.63, 3.8) is 0 Å². The van der Waals surface area contributed by atoms with Crippen LogP contribution in [-0.2, 0) is 17.8 Å². The van der Waals surface area contributed by atoms with Gasteiger partial charge < -0.3 is 15.0 Å². The number of tetrazole rings is 1. The Morgan fingerprint density at radius 2 is 1.92 bits per heavy atom. The van der Waals surface area contributed by atoms with E-state index in [1.807, 2.05) is 20.8 Å². The second-order valence-corrected chi connectivity index (χ2v) is 10.8. The number of ether oxygens (including phenoxy) is 1. The average molecular weight is 544 g/mol. The zero-order valence-corrected chi connectivity index (χ0v) is 22.6. The van der Waals surface area contributed by atoms with E-state index < -0.39 is 11.4 Å². The summed E-state index contributed by atoms with van der Waals surface area (Å²) in [7, 11) is 0. The lowest BCUT2D eigenvalue weighted by molar-refractivity contribution is 0.0175. The minimum absolute atomic E-state index is 0.00419. The lowest BCUT2D eigenvalue weighted by Gasteiger charge is -2.33. The van der Waals surface area contributed by atoms with E-state index in [2.05, 4.69) is 25.7 Å². The molecule has 1 saturated heterocycles. The molecule has 1 N–H and O–H groups in total. The first-order valence-corrected chi connectivity index (χ1v) is 12.8. The lowest BCUT2D eigenvalue weighted by Crippen LogP contribution is -2.42. The highest BCUT2D eigenvalue weighted by atomic mass is 35.5. The van der Waals surface area contributed by atoms with E-state index in [1.54, 1.807) is 34.8 Å². The van der Waals surface area contributed by atoms with Gasteiger partial charge in [0.25, 0.3) is 5.91 Å². The molecular formula is C26H31ClFN7O3.